The Morgan fingerprint density at radius 3 is 2.55 bits per heavy atom. The summed E-state index contributed by atoms with van der Waals surface area (Å²) in [5.41, 5.74) is 2.37. The van der Waals surface area contributed by atoms with Gasteiger partial charge < -0.3 is 10.1 Å². The van der Waals surface area contributed by atoms with E-state index >= 15 is 0 Å². The highest BCUT2D eigenvalue weighted by molar-refractivity contribution is 6.30. The number of benzene rings is 3. The van der Waals surface area contributed by atoms with Crippen LogP contribution < -0.4 is 15.7 Å². The molecule has 0 atom stereocenters. The highest BCUT2D eigenvalue weighted by Crippen LogP contribution is 2.28. The highest BCUT2D eigenvalue weighted by atomic mass is 35.5. The van der Waals surface area contributed by atoms with E-state index in [1.54, 1.807) is 36.4 Å². The van der Waals surface area contributed by atoms with Gasteiger partial charge in [0.25, 0.3) is 5.88 Å². The summed E-state index contributed by atoms with van der Waals surface area (Å²) < 4.78 is 8.56. The number of carbonyl (C=O) groups excluding carboxylic acids is 1. The van der Waals surface area contributed by atoms with Crippen molar-refractivity contribution in [2.24, 2.45) is 0 Å². The number of aromatic nitrogens is 4. The number of nitrogens with zero attached hydrogens (tertiary/aromatic N) is 4. The molecule has 9 heteroatoms. The fourth-order valence-electron chi connectivity index (χ4n) is 3.49. The second kappa shape index (κ2) is 8.40. The summed E-state index contributed by atoms with van der Waals surface area (Å²) in [4.78, 5) is 30.4. The fourth-order valence-corrected chi connectivity index (χ4v) is 3.61. The maximum atomic E-state index is 13.2. The van der Waals surface area contributed by atoms with E-state index in [4.69, 9.17) is 16.3 Å². The Bertz CT molecular complexity index is 1560. The molecule has 0 aliphatic carbocycles. The molecule has 0 spiro atoms. The maximum absolute atomic E-state index is 13.2. The van der Waals surface area contributed by atoms with Crippen LogP contribution in [0.15, 0.2) is 77.6 Å². The van der Waals surface area contributed by atoms with Crippen molar-refractivity contribution < 1.29 is 9.53 Å². The number of para-hydroxylation sites is 3. The average molecular weight is 460 g/mol. The zero-order valence-electron chi connectivity index (χ0n) is 17.5. The Labute approximate surface area is 193 Å². The van der Waals surface area contributed by atoms with E-state index in [2.05, 4.69) is 15.4 Å². The van der Waals surface area contributed by atoms with Gasteiger partial charge in [0.05, 0.1) is 11.0 Å². The third-order valence-electron chi connectivity index (χ3n) is 5.10. The Hall–Kier alpha value is -4.17. The molecule has 2 heterocycles. The number of halogens is 1. The molecule has 0 radical (unpaired) electrons. The minimum atomic E-state index is -0.468. The molecule has 33 heavy (non-hydrogen) atoms. The van der Waals surface area contributed by atoms with Gasteiger partial charge >= 0.3 is 5.69 Å². The van der Waals surface area contributed by atoms with Crippen LogP contribution in [0.2, 0.25) is 5.02 Å². The van der Waals surface area contributed by atoms with E-state index in [1.807, 2.05) is 43.3 Å². The van der Waals surface area contributed by atoms with Crippen molar-refractivity contribution in [1.29, 1.82) is 0 Å². The number of aryl methyl sites for hydroxylation is 1. The molecule has 5 rings (SSSR count). The zero-order valence-corrected chi connectivity index (χ0v) is 18.3. The molecule has 164 valence electrons. The number of rotatable bonds is 5. The first kappa shape index (κ1) is 20.7. The van der Waals surface area contributed by atoms with Gasteiger partial charge in [-0.05, 0) is 55.0 Å². The molecule has 0 saturated carbocycles. The molecule has 0 saturated heterocycles. The predicted octanol–water partition coefficient (Wildman–Crippen LogP) is 4.44. The van der Waals surface area contributed by atoms with Crippen LogP contribution in [0, 0.1) is 6.92 Å². The zero-order chi connectivity index (χ0) is 22.9. The largest absolute Gasteiger partial charge is 0.436 e. The van der Waals surface area contributed by atoms with Crippen LogP contribution in [0.4, 0.5) is 5.69 Å². The van der Waals surface area contributed by atoms with Crippen LogP contribution in [0.5, 0.6) is 11.6 Å². The average Bonchev–Trinajstić information content (AvgIpc) is 3.13. The van der Waals surface area contributed by atoms with E-state index in [1.165, 1.54) is 4.40 Å². The number of hydrogen-bond donors (Lipinski definition) is 1. The number of amides is 1. The molecule has 0 unspecified atom stereocenters. The predicted molar refractivity (Wildman–Crippen MR) is 126 cm³/mol. The topological polar surface area (TPSA) is 90.5 Å². The molecular weight excluding hydrogens is 442 g/mol. The smallest absolute Gasteiger partial charge is 0.351 e. The molecular formula is C24H18ClN5O3. The summed E-state index contributed by atoms with van der Waals surface area (Å²) in [6, 6.07) is 21.4. The van der Waals surface area contributed by atoms with Gasteiger partial charge in [-0.2, -0.15) is 0 Å². The summed E-state index contributed by atoms with van der Waals surface area (Å²) in [6.07, 6.45) is 0. The van der Waals surface area contributed by atoms with Gasteiger partial charge in [0.1, 0.15) is 12.3 Å². The Kier molecular flexibility index (Phi) is 5.27. The van der Waals surface area contributed by atoms with Crippen molar-refractivity contribution in [3.63, 3.8) is 0 Å². The fraction of sp³-hybridized carbons (Fsp3) is 0.0833. The lowest BCUT2D eigenvalue weighted by Crippen LogP contribution is -2.28. The summed E-state index contributed by atoms with van der Waals surface area (Å²) >= 11 is 5.89. The lowest BCUT2D eigenvalue weighted by atomic mass is 10.2. The van der Waals surface area contributed by atoms with E-state index < -0.39 is 11.6 Å². The van der Waals surface area contributed by atoms with Gasteiger partial charge in [-0.3, -0.25) is 4.79 Å². The Balaban J connectivity index is 1.57. The normalized spacial score (nSPS) is 11.1. The third-order valence-corrected chi connectivity index (χ3v) is 5.35. The molecule has 0 bridgehead atoms. The summed E-state index contributed by atoms with van der Waals surface area (Å²) in [6.45, 7) is 1.64. The summed E-state index contributed by atoms with van der Waals surface area (Å²) in [5.74, 6) is 0.378. The van der Waals surface area contributed by atoms with Crippen LogP contribution in [-0.2, 0) is 11.3 Å². The quantitative estimate of drug-likeness (QED) is 0.419. The number of nitrogens with one attached hydrogen (secondary N) is 1. The molecule has 0 aliphatic rings. The minimum absolute atomic E-state index is 0.178. The molecule has 2 aromatic heterocycles. The molecule has 1 N–H and O–H groups in total. The molecule has 0 fully saturated rings. The molecule has 0 aliphatic heterocycles. The number of anilines is 1. The van der Waals surface area contributed by atoms with Gasteiger partial charge in [-0.15, -0.1) is 5.10 Å². The van der Waals surface area contributed by atoms with Crippen LogP contribution in [0.1, 0.15) is 5.56 Å². The van der Waals surface area contributed by atoms with Crippen LogP contribution in [0.3, 0.4) is 0 Å². The number of ether oxygens (including phenoxy) is 1. The number of fused-ring (bicyclic) bond motifs is 3. The van der Waals surface area contributed by atoms with Crippen LogP contribution in [-0.4, -0.2) is 25.1 Å². The first-order chi connectivity index (χ1) is 16.0. The van der Waals surface area contributed by atoms with Crippen LogP contribution >= 0.6 is 11.6 Å². The third kappa shape index (κ3) is 4.04. The lowest BCUT2D eigenvalue weighted by Gasteiger charge is -2.09. The SMILES string of the molecule is Cc1ccccc1Oc1nc2ccccc2n2c(=O)n(CC(=O)Nc3ccc(Cl)cc3)nc12. The van der Waals surface area contributed by atoms with E-state index in [-0.39, 0.29) is 18.1 Å². The first-order valence-corrected chi connectivity index (χ1v) is 10.5. The standard InChI is InChI=1S/C24H18ClN5O3/c1-15-6-2-5-9-20(15)33-23-22-28-29(14-21(31)26-17-12-10-16(25)11-13-17)24(32)30(22)19-8-4-3-7-18(19)27-23/h2-13H,14H2,1H3,(H,26,31). The lowest BCUT2D eigenvalue weighted by molar-refractivity contribution is -0.117. The van der Waals surface area contributed by atoms with Gasteiger partial charge in [0.15, 0.2) is 0 Å². The summed E-state index contributed by atoms with van der Waals surface area (Å²) in [7, 11) is 0. The number of carbonyl (C=O) groups is 1. The van der Waals surface area contributed by atoms with Crippen LogP contribution in [0.25, 0.3) is 16.7 Å². The second-order valence-electron chi connectivity index (χ2n) is 7.43. The van der Waals surface area contributed by atoms with Crippen molar-refractivity contribution in [3.05, 3.63) is 93.9 Å². The van der Waals surface area contributed by atoms with Gasteiger partial charge in [0, 0.05) is 10.7 Å². The van der Waals surface area contributed by atoms with Gasteiger partial charge in [0.2, 0.25) is 11.6 Å². The highest BCUT2D eigenvalue weighted by Gasteiger charge is 2.19. The van der Waals surface area contributed by atoms with E-state index in [0.717, 1.165) is 10.2 Å². The van der Waals surface area contributed by atoms with Gasteiger partial charge in [-0.1, -0.05) is 41.9 Å². The van der Waals surface area contributed by atoms with Crippen molar-refractivity contribution in [3.8, 4) is 11.6 Å². The monoisotopic (exact) mass is 459 g/mol. The van der Waals surface area contributed by atoms with Crippen molar-refractivity contribution in [2.45, 2.75) is 13.5 Å². The molecule has 1 amide bonds. The molecule has 8 nitrogen and oxygen atoms in total. The minimum Gasteiger partial charge on any atom is -0.436 e. The first-order valence-electron chi connectivity index (χ1n) is 10.2. The van der Waals surface area contributed by atoms with E-state index in [9.17, 15) is 9.59 Å². The maximum Gasteiger partial charge on any atom is 0.351 e. The van der Waals surface area contributed by atoms with Crippen molar-refractivity contribution >= 4 is 39.9 Å². The van der Waals surface area contributed by atoms with Crippen molar-refractivity contribution in [2.75, 3.05) is 5.32 Å². The summed E-state index contributed by atoms with van der Waals surface area (Å²) in [5, 5.41) is 7.68. The number of hydrogen-bond acceptors (Lipinski definition) is 5. The Morgan fingerprint density at radius 1 is 1.03 bits per heavy atom. The molecule has 5 aromatic rings. The van der Waals surface area contributed by atoms with Crippen molar-refractivity contribution in [1.82, 2.24) is 19.2 Å². The van der Waals surface area contributed by atoms with E-state index in [0.29, 0.717) is 27.5 Å². The second-order valence-corrected chi connectivity index (χ2v) is 7.86. The Morgan fingerprint density at radius 2 is 1.76 bits per heavy atom. The molecule has 3 aromatic carbocycles. The van der Waals surface area contributed by atoms with Gasteiger partial charge in [-0.25, -0.2) is 18.9 Å².